The van der Waals surface area contributed by atoms with Gasteiger partial charge in [0.25, 0.3) is 0 Å². The second-order valence-electron chi connectivity index (χ2n) is 4.78. The standard InChI is InChI=1S/C13H18N4OS/c14-8-10-4-7-19-13(10)16-12(18)3-6-17-5-1-2-11(15)9-17/h4,7,11H,1-3,5-6,9,15H2,(H,16,18)/t11-/m1/s1. The van der Waals surface area contributed by atoms with E-state index in [0.29, 0.717) is 17.0 Å². The average Bonchev–Trinajstić information content (AvgIpc) is 2.84. The van der Waals surface area contributed by atoms with Gasteiger partial charge in [-0.15, -0.1) is 11.3 Å². The molecule has 0 unspecified atom stereocenters. The quantitative estimate of drug-likeness (QED) is 0.871. The molecule has 6 heteroatoms. The van der Waals surface area contributed by atoms with Crippen LogP contribution in [0.1, 0.15) is 24.8 Å². The molecule has 1 aliphatic rings. The minimum absolute atomic E-state index is 0.0434. The predicted octanol–water partition coefficient (Wildman–Crippen LogP) is 1.37. The maximum atomic E-state index is 11.8. The summed E-state index contributed by atoms with van der Waals surface area (Å²) in [4.78, 5) is 14.1. The van der Waals surface area contributed by atoms with Gasteiger partial charge in [-0.25, -0.2) is 0 Å². The van der Waals surface area contributed by atoms with Crippen molar-refractivity contribution in [1.29, 1.82) is 5.26 Å². The van der Waals surface area contributed by atoms with Crippen molar-refractivity contribution in [1.82, 2.24) is 4.90 Å². The lowest BCUT2D eigenvalue weighted by Crippen LogP contribution is -2.43. The van der Waals surface area contributed by atoms with Gasteiger partial charge >= 0.3 is 0 Å². The van der Waals surface area contributed by atoms with Crippen LogP contribution in [0.4, 0.5) is 5.00 Å². The van der Waals surface area contributed by atoms with Crippen molar-refractivity contribution in [2.24, 2.45) is 5.73 Å². The van der Waals surface area contributed by atoms with E-state index < -0.39 is 0 Å². The Balaban J connectivity index is 1.77. The van der Waals surface area contributed by atoms with Crippen LogP contribution in [0.3, 0.4) is 0 Å². The van der Waals surface area contributed by atoms with Crippen molar-refractivity contribution in [3.05, 3.63) is 17.0 Å². The second kappa shape index (κ2) is 6.66. The molecule has 1 saturated heterocycles. The number of likely N-dealkylation sites (tertiary alicyclic amines) is 1. The normalized spacial score (nSPS) is 19.9. The number of anilines is 1. The maximum Gasteiger partial charge on any atom is 0.226 e. The van der Waals surface area contributed by atoms with Gasteiger partial charge < -0.3 is 16.0 Å². The molecule has 102 valence electrons. The monoisotopic (exact) mass is 278 g/mol. The zero-order valence-corrected chi connectivity index (χ0v) is 11.6. The molecule has 1 atom stereocenters. The summed E-state index contributed by atoms with van der Waals surface area (Å²) in [6.45, 7) is 2.62. The Labute approximate surface area is 117 Å². The molecule has 5 nitrogen and oxygen atoms in total. The highest BCUT2D eigenvalue weighted by molar-refractivity contribution is 7.14. The number of hydrogen-bond donors (Lipinski definition) is 2. The SMILES string of the molecule is N#Cc1ccsc1NC(=O)CCN1CCC[C@@H](N)C1. The number of carbonyl (C=O) groups excluding carboxylic acids is 1. The van der Waals surface area contributed by atoms with Crippen molar-refractivity contribution >= 4 is 22.2 Å². The van der Waals surface area contributed by atoms with Crippen molar-refractivity contribution in [2.75, 3.05) is 25.0 Å². The summed E-state index contributed by atoms with van der Waals surface area (Å²) >= 11 is 1.38. The number of carbonyl (C=O) groups is 1. The number of nitrogens with two attached hydrogens (primary N) is 1. The van der Waals surface area contributed by atoms with Crippen LogP contribution in [0.2, 0.25) is 0 Å². The van der Waals surface area contributed by atoms with Crippen LogP contribution in [0.15, 0.2) is 11.4 Å². The lowest BCUT2D eigenvalue weighted by molar-refractivity contribution is -0.116. The van der Waals surface area contributed by atoms with Crippen molar-refractivity contribution in [3.63, 3.8) is 0 Å². The molecule has 1 aromatic heterocycles. The van der Waals surface area contributed by atoms with Gasteiger partial charge in [0, 0.05) is 25.6 Å². The second-order valence-corrected chi connectivity index (χ2v) is 5.69. The Bertz CT molecular complexity index is 479. The first kappa shape index (κ1) is 14.0. The van der Waals surface area contributed by atoms with Crippen LogP contribution in [0.5, 0.6) is 0 Å². The van der Waals surface area contributed by atoms with E-state index in [9.17, 15) is 4.79 Å². The Kier molecular flexibility index (Phi) is 4.91. The lowest BCUT2D eigenvalue weighted by Gasteiger charge is -2.30. The van der Waals surface area contributed by atoms with Crippen molar-refractivity contribution in [3.8, 4) is 6.07 Å². The molecule has 0 saturated carbocycles. The van der Waals surface area contributed by atoms with Gasteiger partial charge in [0.1, 0.15) is 11.1 Å². The van der Waals surface area contributed by atoms with Gasteiger partial charge in [0.15, 0.2) is 0 Å². The van der Waals surface area contributed by atoms with E-state index in [1.54, 1.807) is 11.4 Å². The van der Waals surface area contributed by atoms with Crippen LogP contribution in [-0.4, -0.2) is 36.5 Å². The number of nitrogens with one attached hydrogen (secondary N) is 1. The minimum atomic E-state index is -0.0434. The summed E-state index contributed by atoms with van der Waals surface area (Å²) in [5.74, 6) is -0.0434. The Morgan fingerprint density at radius 2 is 2.53 bits per heavy atom. The molecular formula is C13H18N4OS. The number of hydrogen-bond acceptors (Lipinski definition) is 5. The third-order valence-corrected chi connectivity index (χ3v) is 4.07. The molecule has 0 aliphatic carbocycles. The summed E-state index contributed by atoms with van der Waals surface area (Å²) in [5.41, 5.74) is 6.43. The fourth-order valence-electron chi connectivity index (χ4n) is 2.24. The van der Waals surface area contributed by atoms with E-state index >= 15 is 0 Å². The molecule has 0 aromatic carbocycles. The summed E-state index contributed by atoms with van der Waals surface area (Å²) < 4.78 is 0. The average molecular weight is 278 g/mol. The smallest absolute Gasteiger partial charge is 0.226 e. The first-order valence-corrected chi connectivity index (χ1v) is 7.32. The van der Waals surface area contributed by atoms with E-state index in [1.165, 1.54) is 11.3 Å². The highest BCUT2D eigenvalue weighted by atomic mass is 32.1. The largest absolute Gasteiger partial charge is 0.327 e. The van der Waals surface area contributed by atoms with Gasteiger partial charge in [-0.2, -0.15) is 5.26 Å². The van der Waals surface area contributed by atoms with Crippen LogP contribution >= 0.6 is 11.3 Å². The van der Waals surface area contributed by atoms with Gasteiger partial charge in [-0.05, 0) is 30.8 Å². The van der Waals surface area contributed by atoms with Gasteiger partial charge in [-0.3, -0.25) is 4.79 Å². The lowest BCUT2D eigenvalue weighted by atomic mass is 10.1. The molecule has 2 rings (SSSR count). The highest BCUT2D eigenvalue weighted by Crippen LogP contribution is 2.22. The minimum Gasteiger partial charge on any atom is -0.327 e. The molecule has 0 radical (unpaired) electrons. The Morgan fingerprint density at radius 3 is 3.26 bits per heavy atom. The van der Waals surface area contributed by atoms with Crippen molar-refractivity contribution in [2.45, 2.75) is 25.3 Å². The van der Waals surface area contributed by atoms with E-state index in [4.69, 9.17) is 11.0 Å². The zero-order chi connectivity index (χ0) is 13.7. The summed E-state index contributed by atoms with van der Waals surface area (Å²) in [5, 5.41) is 14.1. The molecule has 2 heterocycles. The third kappa shape index (κ3) is 4.03. The summed E-state index contributed by atoms with van der Waals surface area (Å²) in [6.07, 6.45) is 2.62. The van der Waals surface area contributed by atoms with Crippen molar-refractivity contribution < 1.29 is 4.79 Å². The topological polar surface area (TPSA) is 82.2 Å². The summed E-state index contributed by atoms with van der Waals surface area (Å²) in [7, 11) is 0. The highest BCUT2D eigenvalue weighted by Gasteiger charge is 2.17. The first-order valence-electron chi connectivity index (χ1n) is 6.44. The van der Waals surface area contributed by atoms with Gasteiger partial charge in [0.2, 0.25) is 5.91 Å². The fourth-order valence-corrected chi connectivity index (χ4v) is 2.99. The molecule has 19 heavy (non-hydrogen) atoms. The van der Waals surface area contributed by atoms with Crippen LogP contribution in [-0.2, 0) is 4.79 Å². The van der Waals surface area contributed by atoms with Gasteiger partial charge in [-0.1, -0.05) is 0 Å². The van der Waals surface area contributed by atoms with E-state index in [0.717, 1.165) is 32.5 Å². The molecule has 1 amide bonds. The Hall–Kier alpha value is -1.42. The van der Waals surface area contributed by atoms with E-state index in [2.05, 4.69) is 16.3 Å². The Morgan fingerprint density at radius 1 is 1.68 bits per heavy atom. The van der Waals surface area contributed by atoms with E-state index in [1.807, 2.05) is 0 Å². The molecule has 0 spiro atoms. The first-order chi connectivity index (χ1) is 9.19. The van der Waals surface area contributed by atoms with Crippen LogP contribution < -0.4 is 11.1 Å². The number of thiophene rings is 1. The van der Waals surface area contributed by atoms with Crippen LogP contribution in [0.25, 0.3) is 0 Å². The zero-order valence-electron chi connectivity index (χ0n) is 10.8. The predicted molar refractivity (Wildman–Crippen MR) is 75.9 cm³/mol. The fraction of sp³-hybridized carbons (Fsp3) is 0.538. The third-order valence-electron chi connectivity index (χ3n) is 3.24. The number of rotatable bonds is 4. The number of piperidine rings is 1. The molecular weight excluding hydrogens is 260 g/mol. The number of amides is 1. The summed E-state index contributed by atoms with van der Waals surface area (Å²) in [6, 6.07) is 4.01. The maximum absolute atomic E-state index is 11.8. The van der Waals surface area contributed by atoms with Crippen LogP contribution in [0, 0.1) is 11.3 Å². The molecule has 3 N–H and O–H groups in total. The molecule has 1 aromatic rings. The number of nitriles is 1. The van der Waals surface area contributed by atoms with E-state index in [-0.39, 0.29) is 11.9 Å². The molecule has 0 bridgehead atoms. The number of nitrogens with zero attached hydrogens (tertiary/aromatic N) is 2. The molecule has 1 aliphatic heterocycles. The molecule has 1 fully saturated rings. The van der Waals surface area contributed by atoms with Gasteiger partial charge in [0.05, 0.1) is 5.56 Å².